The maximum Gasteiger partial charge on any atom is 0.274 e. The number of benzene rings is 1. The van der Waals surface area contributed by atoms with Gasteiger partial charge in [0.05, 0.1) is 17.9 Å². The molecular weight excluding hydrogens is 328 g/mol. The van der Waals surface area contributed by atoms with E-state index in [0.29, 0.717) is 30.6 Å². The first-order chi connectivity index (χ1) is 11.9. The summed E-state index contributed by atoms with van der Waals surface area (Å²) in [4.78, 5) is 14.6. The number of amides is 1. The Hall–Kier alpha value is -2.28. The quantitative estimate of drug-likeness (QED) is 0.863. The molecule has 0 saturated carbocycles. The van der Waals surface area contributed by atoms with Crippen LogP contribution in [0, 0.1) is 11.6 Å². The molecule has 1 aromatic heterocycles. The predicted molar refractivity (Wildman–Crippen MR) is 86.1 cm³/mol. The van der Waals surface area contributed by atoms with Gasteiger partial charge in [0.1, 0.15) is 0 Å². The smallest absolute Gasteiger partial charge is 0.274 e. The van der Waals surface area contributed by atoms with Crippen LogP contribution < -0.4 is 0 Å². The van der Waals surface area contributed by atoms with E-state index in [9.17, 15) is 13.6 Å². The lowest BCUT2D eigenvalue weighted by atomic mass is 9.97. The summed E-state index contributed by atoms with van der Waals surface area (Å²) in [7, 11) is 0. The fourth-order valence-corrected chi connectivity index (χ4v) is 3.72. The average molecular weight is 347 g/mol. The minimum atomic E-state index is -0.884. The second-order valence-corrected chi connectivity index (χ2v) is 6.77. The van der Waals surface area contributed by atoms with Crippen LogP contribution in [0.3, 0.4) is 0 Å². The third kappa shape index (κ3) is 2.72. The molecule has 132 valence electrons. The number of hydrogen-bond acceptors (Lipinski definition) is 3. The van der Waals surface area contributed by atoms with Crippen LogP contribution in [0.2, 0.25) is 0 Å². The van der Waals surface area contributed by atoms with Crippen LogP contribution in [0.15, 0.2) is 12.1 Å². The summed E-state index contributed by atoms with van der Waals surface area (Å²) >= 11 is 0. The summed E-state index contributed by atoms with van der Waals surface area (Å²) in [5.74, 6) is -1.91. The third-order valence-electron chi connectivity index (χ3n) is 4.98. The molecule has 0 unspecified atom stereocenters. The highest BCUT2D eigenvalue weighted by Gasteiger charge is 2.32. The van der Waals surface area contributed by atoms with Gasteiger partial charge in [0, 0.05) is 25.1 Å². The molecule has 7 heteroatoms. The maximum absolute atomic E-state index is 13.5. The SMILES string of the molecule is C[C@@H]1Cc2c(C(=O)N3CCc4cc(F)c(F)cc4C3)n[nH]c2[C@H](C)O1. The number of nitrogens with zero attached hydrogens (tertiary/aromatic N) is 2. The number of nitrogens with one attached hydrogen (secondary N) is 1. The highest BCUT2D eigenvalue weighted by molar-refractivity contribution is 5.94. The van der Waals surface area contributed by atoms with E-state index in [-0.39, 0.29) is 24.7 Å². The molecule has 0 bridgehead atoms. The Labute approximate surface area is 144 Å². The highest BCUT2D eigenvalue weighted by atomic mass is 19.2. The molecule has 2 atom stereocenters. The molecule has 0 radical (unpaired) electrons. The number of H-pyrrole nitrogens is 1. The second kappa shape index (κ2) is 5.91. The van der Waals surface area contributed by atoms with Gasteiger partial charge in [0.25, 0.3) is 5.91 Å². The number of aromatic amines is 1. The van der Waals surface area contributed by atoms with E-state index >= 15 is 0 Å². The van der Waals surface area contributed by atoms with Gasteiger partial charge in [-0.2, -0.15) is 5.10 Å². The molecule has 0 saturated heterocycles. The van der Waals surface area contributed by atoms with Gasteiger partial charge < -0.3 is 9.64 Å². The van der Waals surface area contributed by atoms with Crippen molar-refractivity contribution in [1.82, 2.24) is 15.1 Å². The van der Waals surface area contributed by atoms with Crippen LogP contribution >= 0.6 is 0 Å². The zero-order valence-electron chi connectivity index (χ0n) is 14.1. The zero-order chi connectivity index (χ0) is 17.7. The van der Waals surface area contributed by atoms with Crippen molar-refractivity contribution in [3.05, 3.63) is 51.8 Å². The van der Waals surface area contributed by atoms with Gasteiger partial charge in [-0.25, -0.2) is 8.78 Å². The fraction of sp³-hybridized carbons (Fsp3) is 0.444. The third-order valence-corrected chi connectivity index (χ3v) is 4.98. The van der Waals surface area contributed by atoms with Crippen molar-refractivity contribution in [2.75, 3.05) is 6.54 Å². The molecule has 2 aliphatic rings. The van der Waals surface area contributed by atoms with Crippen LogP contribution in [-0.4, -0.2) is 33.7 Å². The second-order valence-electron chi connectivity index (χ2n) is 6.77. The van der Waals surface area contributed by atoms with Gasteiger partial charge in [-0.3, -0.25) is 9.89 Å². The number of fused-ring (bicyclic) bond motifs is 2. The summed E-state index contributed by atoms with van der Waals surface area (Å²) in [6.07, 6.45) is 1.01. The molecule has 1 aromatic carbocycles. The largest absolute Gasteiger partial charge is 0.369 e. The molecule has 1 N–H and O–H groups in total. The molecule has 2 aromatic rings. The van der Waals surface area contributed by atoms with Crippen LogP contribution in [0.25, 0.3) is 0 Å². The first-order valence-electron chi connectivity index (χ1n) is 8.42. The summed E-state index contributed by atoms with van der Waals surface area (Å²) in [6.45, 7) is 4.61. The van der Waals surface area contributed by atoms with Crippen molar-refractivity contribution < 1.29 is 18.3 Å². The summed E-state index contributed by atoms with van der Waals surface area (Å²) in [6, 6.07) is 2.41. The number of carbonyl (C=O) groups excluding carboxylic acids is 1. The molecule has 3 heterocycles. The van der Waals surface area contributed by atoms with Crippen molar-refractivity contribution in [2.24, 2.45) is 0 Å². The molecular formula is C18H19F2N3O2. The molecule has 0 fully saturated rings. The summed E-state index contributed by atoms with van der Waals surface area (Å²) in [5, 5.41) is 7.14. The van der Waals surface area contributed by atoms with Crippen molar-refractivity contribution in [2.45, 2.75) is 45.4 Å². The van der Waals surface area contributed by atoms with E-state index in [1.807, 2.05) is 13.8 Å². The van der Waals surface area contributed by atoms with Gasteiger partial charge in [0.15, 0.2) is 17.3 Å². The highest BCUT2D eigenvalue weighted by Crippen LogP contribution is 2.31. The normalized spacial score (nSPS) is 22.5. The van der Waals surface area contributed by atoms with Crippen molar-refractivity contribution in [3.8, 4) is 0 Å². The van der Waals surface area contributed by atoms with E-state index in [2.05, 4.69) is 10.2 Å². The topological polar surface area (TPSA) is 58.2 Å². The van der Waals surface area contributed by atoms with E-state index in [1.54, 1.807) is 4.90 Å². The standard InChI is InChI=1S/C18H19F2N3O2/c1-9-5-13-16(10(2)25-9)21-22-17(13)18(24)23-4-3-11-6-14(19)15(20)7-12(11)8-23/h6-7,9-10H,3-5,8H2,1-2H3,(H,21,22)/t9-,10+/m1/s1. The number of rotatable bonds is 1. The average Bonchev–Trinajstić information content (AvgIpc) is 2.99. The Morgan fingerprint density at radius 1 is 1.28 bits per heavy atom. The van der Waals surface area contributed by atoms with Crippen LogP contribution in [0.4, 0.5) is 8.78 Å². The zero-order valence-corrected chi connectivity index (χ0v) is 14.1. The molecule has 5 nitrogen and oxygen atoms in total. The molecule has 4 rings (SSSR count). The lowest BCUT2D eigenvalue weighted by molar-refractivity contribution is -0.00702. The lowest BCUT2D eigenvalue weighted by Crippen LogP contribution is -2.37. The maximum atomic E-state index is 13.5. The molecule has 0 spiro atoms. The minimum absolute atomic E-state index is 0.0193. The molecule has 1 amide bonds. The molecule has 25 heavy (non-hydrogen) atoms. The van der Waals surface area contributed by atoms with Gasteiger partial charge in [0.2, 0.25) is 0 Å². The van der Waals surface area contributed by atoms with E-state index in [1.165, 1.54) is 12.1 Å². The lowest BCUT2D eigenvalue weighted by Gasteiger charge is -2.29. The Balaban J connectivity index is 1.62. The number of halogens is 2. The van der Waals surface area contributed by atoms with E-state index in [0.717, 1.165) is 16.8 Å². The Bertz CT molecular complexity index is 849. The Morgan fingerprint density at radius 2 is 2.00 bits per heavy atom. The first kappa shape index (κ1) is 16.2. The predicted octanol–water partition coefficient (Wildman–Crippen LogP) is 2.91. The summed E-state index contributed by atoms with van der Waals surface area (Å²) in [5.41, 5.74) is 3.54. The number of carbonyl (C=O) groups is 1. The monoisotopic (exact) mass is 347 g/mol. The Kier molecular flexibility index (Phi) is 3.83. The van der Waals surface area contributed by atoms with Gasteiger partial charge in [-0.1, -0.05) is 0 Å². The number of hydrogen-bond donors (Lipinski definition) is 1. The first-order valence-corrected chi connectivity index (χ1v) is 8.42. The van der Waals surface area contributed by atoms with E-state index < -0.39 is 11.6 Å². The van der Waals surface area contributed by atoms with Crippen LogP contribution in [-0.2, 0) is 24.1 Å². The van der Waals surface area contributed by atoms with Crippen molar-refractivity contribution in [3.63, 3.8) is 0 Å². The molecule has 2 aliphatic heterocycles. The fourth-order valence-electron chi connectivity index (χ4n) is 3.72. The van der Waals surface area contributed by atoms with Gasteiger partial charge >= 0.3 is 0 Å². The van der Waals surface area contributed by atoms with Gasteiger partial charge in [-0.05, 0) is 43.5 Å². The van der Waals surface area contributed by atoms with Crippen molar-refractivity contribution in [1.29, 1.82) is 0 Å². The van der Waals surface area contributed by atoms with Crippen molar-refractivity contribution >= 4 is 5.91 Å². The minimum Gasteiger partial charge on any atom is -0.369 e. The Morgan fingerprint density at radius 3 is 2.76 bits per heavy atom. The van der Waals surface area contributed by atoms with Crippen LogP contribution in [0.1, 0.15) is 52.8 Å². The summed E-state index contributed by atoms with van der Waals surface area (Å²) < 4.78 is 32.6. The molecule has 0 aliphatic carbocycles. The number of ether oxygens (including phenoxy) is 1. The van der Waals surface area contributed by atoms with E-state index in [4.69, 9.17) is 4.74 Å². The number of aromatic nitrogens is 2. The van der Waals surface area contributed by atoms with Gasteiger partial charge in [-0.15, -0.1) is 0 Å². The van der Waals surface area contributed by atoms with Crippen LogP contribution in [0.5, 0.6) is 0 Å².